The third-order valence-electron chi connectivity index (χ3n) is 3.31. The molecule has 3 rings (SSSR count). The molecule has 5 heteroatoms. The summed E-state index contributed by atoms with van der Waals surface area (Å²) < 4.78 is 5.91. The summed E-state index contributed by atoms with van der Waals surface area (Å²) in [5.74, 6) is 0.694. The van der Waals surface area contributed by atoms with E-state index in [1.807, 2.05) is 6.07 Å². The molecule has 2 fully saturated rings. The van der Waals surface area contributed by atoms with Crippen molar-refractivity contribution in [3.63, 3.8) is 0 Å². The number of hydrogen-bond acceptors (Lipinski definition) is 5. The number of hydrogen-bond donors (Lipinski definition) is 2. The molecule has 2 saturated heterocycles. The average molecular weight is 220 g/mol. The second-order valence-electron chi connectivity index (χ2n) is 4.54. The zero-order chi connectivity index (χ0) is 10.8. The monoisotopic (exact) mass is 220 g/mol. The Balaban J connectivity index is 1.62. The van der Waals surface area contributed by atoms with Crippen LogP contribution in [0.15, 0.2) is 18.5 Å². The third-order valence-corrected chi connectivity index (χ3v) is 3.31. The standard InChI is InChI=1S/C11H16N4O/c1-3-13-10(14-4-1)15-9-6-11(16-7-9)2-5-12-8-11/h1,3-4,9,12H,2,5-8H2,(H,13,14,15)/t9-,11-/m0/s1. The van der Waals surface area contributed by atoms with Crippen molar-refractivity contribution in [3.8, 4) is 0 Å². The molecule has 86 valence electrons. The van der Waals surface area contributed by atoms with Gasteiger partial charge in [0.25, 0.3) is 0 Å². The minimum Gasteiger partial charge on any atom is -0.371 e. The van der Waals surface area contributed by atoms with Gasteiger partial charge in [-0.1, -0.05) is 0 Å². The molecule has 1 aromatic rings. The molecule has 2 aliphatic rings. The van der Waals surface area contributed by atoms with Crippen molar-refractivity contribution in [3.05, 3.63) is 18.5 Å². The van der Waals surface area contributed by atoms with Crippen LogP contribution in [0.4, 0.5) is 5.95 Å². The van der Waals surface area contributed by atoms with Crippen LogP contribution in [0.5, 0.6) is 0 Å². The molecule has 1 aromatic heterocycles. The molecule has 0 aromatic carbocycles. The maximum absolute atomic E-state index is 5.91. The molecule has 0 amide bonds. The lowest BCUT2D eigenvalue weighted by molar-refractivity contribution is 0.0214. The summed E-state index contributed by atoms with van der Waals surface area (Å²) in [6, 6.07) is 2.15. The zero-order valence-corrected chi connectivity index (χ0v) is 9.15. The molecule has 3 heterocycles. The fraction of sp³-hybridized carbons (Fsp3) is 0.636. The van der Waals surface area contributed by atoms with Gasteiger partial charge in [-0.2, -0.15) is 0 Å². The Labute approximate surface area is 94.6 Å². The summed E-state index contributed by atoms with van der Waals surface area (Å²) in [7, 11) is 0. The van der Waals surface area contributed by atoms with E-state index >= 15 is 0 Å². The Morgan fingerprint density at radius 1 is 1.44 bits per heavy atom. The normalized spacial score (nSPS) is 33.4. The van der Waals surface area contributed by atoms with Crippen molar-refractivity contribution >= 4 is 5.95 Å². The molecule has 2 N–H and O–H groups in total. The van der Waals surface area contributed by atoms with Crippen LogP contribution >= 0.6 is 0 Å². The number of aromatic nitrogens is 2. The van der Waals surface area contributed by atoms with E-state index in [1.54, 1.807) is 12.4 Å². The minimum absolute atomic E-state index is 0.0620. The molecule has 2 aliphatic heterocycles. The number of anilines is 1. The van der Waals surface area contributed by atoms with E-state index in [2.05, 4.69) is 20.6 Å². The summed E-state index contributed by atoms with van der Waals surface area (Å²) in [5.41, 5.74) is 0.0620. The fourth-order valence-corrected chi connectivity index (χ4v) is 2.51. The first kappa shape index (κ1) is 9.99. The van der Waals surface area contributed by atoms with Crippen molar-refractivity contribution in [1.29, 1.82) is 0 Å². The second-order valence-corrected chi connectivity index (χ2v) is 4.54. The summed E-state index contributed by atoms with van der Waals surface area (Å²) in [4.78, 5) is 8.33. The number of rotatable bonds is 2. The van der Waals surface area contributed by atoms with Gasteiger partial charge in [0.15, 0.2) is 0 Å². The lowest BCUT2D eigenvalue weighted by Crippen LogP contribution is -2.31. The first-order chi connectivity index (χ1) is 7.86. The van der Waals surface area contributed by atoms with Crippen molar-refractivity contribution in [2.24, 2.45) is 0 Å². The van der Waals surface area contributed by atoms with Gasteiger partial charge in [-0.25, -0.2) is 9.97 Å². The van der Waals surface area contributed by atoms with Crippen LogP contribution in [-0.4, -0.2) is 41.3 Å². The highest BCUT2D eigenvalue weighted by atomic mass is 16.5. The number of ether oxygens (including phenoxy) is 1. The quantitative estimate of drug-likeness (QED) is 0.756. The highest BCUT2D eigenvalue weighted by Crippen LogP contribution is 2.32. The van der Waals surface area contributed by atoms with Crippen molar-refractivity contribution in [1.82, 2.24) is 15.3 Å². The molecular weight excluding hydrogens is 204 g/mol. The van der Waals surface area contributed by atoms with E-state index in [1.165, 1.54) is 0 Å². The highest BCUT2D eigenvalue weighted by Gasteiger charge is 2.42. The Hall–Kier alpha value is -1.20. The van der Waals surface area contributed by atoms with E-state index in [4.69, 9.17) is 4.74 Å². The lowest BCUT2D eigenvalue weighted by Gasteiger charge is -2.20. The maximum atomic E-state index is 5.91. The van der Waals surface area contributed by atoms with Crippen LogP contribution in [0.3, 0.4) is 0 Å². The van der Waals surface area contributed by atoms with Crippen LogP contribution in [0.2, 0.25) is 0 Å². The second kappa shape index (κ2) is 3.99. The average Bonchev–Trinajstić information content (AvgIpc) is 2.92. The predicted molar refractivity (Wildman–Crippen MR) is 60.2 cm³/mol. The molecule has 1 spiro atoms. The summed E-state index contributed by atoms with van der Waals surface area (Å²) in [6.07, 6.45) is 5.65. The van der Waals surface area contributed by atoms with E-state index in [0.29, 0.717) is 12.0 Å². The molecule has 0 aliphatic carbocycles. The Kier molecular flexibility index (Phi) is 2.49. The van der Waals surface area contributed by atoms with Crippen molar-refractivity contribution in [2.45, 2.75) is 24.5 Å². The van der Waals surface area contributed by atoms with E-state index in [-0.39, 0.29) is 5.60 Å². The smallest absolute Gasteiger partial charge is 0.222 e. The number of nitrogens with zero attached hydrogens (tertiary/aromatic N) is 2. The van der Waals surface area contributed by atoms with Crippen LogP contribution in [0.25, 0.3) is 0 Å². The first-order valence-corrected chi connectivity index (χ1v) is 5.75. The topological polar surface area (TPSA) is 59.1 Å². The molecule has 2 atom stereocenters. The van der Waals surface area contributed by atoms with Gasteiger partial charge in [-0.15, -0.1) is 0 Å². The van der Waals surface area contributed by atoms with Gasteiger partial charge in [0.1, 0.15) is 0 Å². The Morgan fingerprint density at radius 2 is 2.31 bits per heavy atom. The molecule has 16 heavy (non-hydrogen) atoms. The SMILES string of the molecule is c1cnc(N[C@@H]2CO[C@@]3(CCNC3)C2)nc1. The summed E-state index contributed by atoms with van der Waals surface area (Å²) in [5, 5.41) is 6.67. The number of nitrogens with one attached hydrogen (secondary N) is 2. The van der Waals surface area contributed by atoms with Gasteiger partial charge in [-0.05, 0) is 19.0 Å². The molecule has 5 nitrogen and oxygen atoms in total. The fourth-order valence-electron chi connectivity index (χ4n) is 2.51. The van der Waals surface area contributed by atoms with Gasteiger partial charge >= 0.3 is 0 Å². The zero-order valence-electron chi connectivity index (χ0n) is 9.15. The van der Waals surface area contributed by atoms with Crippen LogP contribution in [0, 0.1) is 0 Å². The van der Waals surface area contributed by atoms with E-state index < -0.39 is 0 Å². The third kappa shape index (κ3) is 1.88. The van der Waals surface area contributed by atoms with E-state index in [0.717, 1.165) is 32.5 Å². The van der Waals surface area contributed by atoms with Crippen LogP contribution in [0.1, 0.15) is 12.8 Å². The van der Waals surface area contributed by atoms with Gasteiger partial charge in [0.05, 0.1) is 18.2 Å². The Bertz CT molecular complexity index is 350. The van der Waals surface area contributed by atoms with Crippen molar-refractivity contribution in [2.75, 3.05) is 25.0 Å². The molecule has 0 unspecified atom stereocenters. The largest absolute Gasteiger partial charge is 0.371 e. The van der Waals surface area contributed by atoms with Crippen LogP contribution in [-0.2, 0) is 4.74 Å². The molecule has 0 bridgehead atoms. The highest BCUT2D eigenvalue weighted by molar-refractivity contribution is 5.25. The lowest BCUT2D eigenvalue weighted by atomic mass is 9.97. The van der Waals surface area contributed by atoms with Crippen molar-refractivity contribution < 1.29 is 4.74 Å². The van der Waals surface area contributed by atoms with Gasteiger partial charge < -0.3 is 15.4 Å². The van der Waals surface area contributed by atoms with Gasteiger partial charge in [0.2, 0.25) is 5.95 Å². The predicted octanol–water partition coefficient (Wildman–Crippen LogP) is 0.409. The Morgan fingerprint density at radius 3 is 3.06 bits per heavy atom. The van der Waals surface area contributed by atoms with Gasteiger partial charge in [-0.3, -0.25) is 0 Å². The summed E-state index contributed by atoms with van der Waals surface area (Å²) >= 11 is 0. The minimum atomic E-state index is 0.0620. The summed E-state index contributed by atoms with van der Waals surface area (Å²) in [6.45, 7) is 2.79. The van der Waals surface area contributed by atoms with Crippen LogP contribution < -0.4 is 10.6 Å². The van der Waals surface area contributed by atoms with E-state index in [9.17, 15) is 0 Å². The maximum Gasteiger partial charge on any atom is 0.222 e. The molecule has 0 radical (unpaired) electrons. The van der Waals surface area contributed by atoms with Gasteiger partial charge in [0, 0.05) is 25.4 Å². The molecular formula is C11H16N4O. The molecule has 0 saturated carbocycles. The first-order valence-electron chi connectivity index (χ1n) is 5.75.